The van der Waals surface area contributed by atoms with E-state index in [9.17, 15) is 4.79 Å². The third kappa shape index (κ3) is 1.38. The van der Waals surface area contributed by atoms with Gasteiger partial charge in [0.25, 0.3) is 0 Å². The molecule has 0 spiro atoms. The molecule has 1 aromatic carbocycles. The Morgan fingerprint density at radius 3 is 3.00 bits per heavy atom. The summed E-state index contributed by atoms with van der Waals surface area (Å²) in [5.74, 6) is -0.365. The molecule has 1 N–H and O–H groups in total. The highest BCUT2D eigenvalue weighted by Crippen LogP contribution is 2.27. The highest BCUT2D eigenvalue weighted by Gasteiger charge is 2.21. The van der Waals surface area contributed by atoms with Crippen LogP contribution < -0.4 is 5.32 Å². The molecule has 74 valence electrons. The van der Waals surface area contributed by atoms with Gasteiger partial charge >= 0.3 is 5.97 Å². The van der Waals surface area contributed by atoms with E-state index in [1.54, 1.807) is 6.07 Å². The molecule has 1 aromatic rings. The van der Waals surface area contributed by atoms with Gasteiger partial charge in [-0.2, -0.15) is 0 Å². The molecule has 1 heterocycles. The van der Waals surface area contributed by atoms with Gasteiger partial charge in [-0.05, 0) is 17.2 Å². The topological polar surface area (TPSA) is 38.3 Å². The SMILES string of the molecule is COC(=O)c1c(Cl)ccc2c1CNC2. The Hall–Kier alpha value is -1.06. The van der Waals surface area contributed by atoms with E-state index in [1.807, 2.05) is 6.07 Å². The second-order valence-electron chi connectivity index (χ2n) is 3.16. The summed E-state index contributed by atoms with van der Waals surface area (Å²) in [4.78, 5) is 11.5. The van der Waals surface area contributed by atoms with E-state index >= 15 is 0 Å². The molecule has 4 heteroatoms. The normalized spacial score (nSPS) is 13.9. The molecule has 0 saturated heterocycles. The largest absolute Gasteiger partial charge is 0.465 e. The van der Waals surface area contributed by atoms with Crippen LogP contribution in [0.15, 0.2) is 12.1 Å². The second-order valence-corrected chi connectivity index (χ2v) is 3.56. The van der Waals surface area contributed by atoms with Gasteiger partial charge in [0.2, 0.25) is 0 Å². The van der Waals surface area contributed by atoms with Crippen molar-refractivity contribution in [1.82, 2.24) is 5.32 Å². The number of fused-ring (bicyclic) bond motifs is 1. The maximum atomic E-state index is 11.5. The lowest BCUT2D eigenvalue weighted by Gasteiger charge is -2.07. The summed E-state index contributed by atoms with van der Waals surface area (Å²) in [7, 11) is 1.36. The van der Waals surface area contributed by atoms with Gasteiger partial charge in [-0.1, -0.05) is 17.7 Å². The first-order valence-corrected chi connectivity index (χ1v) is 4.71. The molecule has 0 radical (unpaired) electrons. The maximum absolute atomic E-state index is 11.5. The van der Waals surface area contributed by atoms with Gasteiger partial charge in [0.1, 0.15) is 0 Å². The van der Waals surface area contributed by atoms with Crippen LogP contribution >= 0.6 is 11.6 Å². The van der Waals surface area contributed by atoms with Crippen molar-refractivity contribution in [3.63, 3.8) is 0 Å². The van der Waals surface area contributed by atoms with Crippen molar-refractivity contribution in [2.24, 2.45) is 0 Å². The number of halogens is 1. The van der Waals surface area contributed by atoms with Crippen LogP contribution in [0, 0.1) is 0 Å². The van der Waals surface area contributed by atoms with Crippen molar-refractivity contribution in [2.75, 3.05) is 7.11 Å². The Morgan fingerprint density at radius 1 is 1.50 bits per heavy atom. The molecule has 0 fully saturated rings. The smallest absolute Gasteiger partial charge is 0.339 e. The molecule has 1 aliphatic rings. The fourth-order valence-electron chi connectivity index (χ4n) is 1.67. The minimum Gasteiger partial charge on any atom is -0.465 e. The van der Waals surface area contributed by atoms with E-state index in [4.69, 9.17) is 16.3 Å². The Kier molecular flexibility index (Phi) is 2.44. The highest BCUT2D eigenvalue weighted by molar-refractivity contribution is 6.33. The van der Waals surface area contributed by atoms with Gasteiger partial charge in [0.05, 0.1) is 17.7 Å². The average Bonchev–Trinajstić information content (AvgIpc) is 2.64. The maximum Gasteiger partial charge on any atom is 0.339 e. The van der Waals surface area contributed by atoms with Crippen LogP contribution in [0.3, 0.4) is 0 Å². The molecule has 2 rings (SSSR count). The number of rotatable bonds is 1. The standard InChI is InChI=1S/C10H10ClNO2/c1-14-10(13)9-7-5-12-4-6(7)2-3-8(9)11/h2-3,12H,4-5H2,1H3. The summed E-state index contributed by atoms with van der Waals surface area (Å²) in [6, 6.07) is 3.67. The molecule has 0 aromatic heterocycles. The van der Waals surface area contributed by atoms with E-state index in [0.717, 1.165) is 17.7 Å². The quantitative estimate of drug-likeness (QED) is 0.719. The van der Waals surface area contributed by atoms with E-state index in [0.29, 0.717) is 17.1 Å². The summed E-state index contributed by atoms with van der Waals surface area (Å²) >= 11 is 5.95. The van der Waals surface area contributed by atoms with E-state index in [-0.39, 0.29) is 5.97 Å². The molecule has 0 bridgehead atoms. The fraction of sp³-hybridized carbons (Fsp3) is 0.300. The van der Waals surface area contributed by atoms with Gasteiger partial charge in [-0.15, -0.1) is 0 Å². The number of carbonyl (C=O) groups is 1. The second kappa shape index (κ2) is 3.59. The van der Waals surface area contributed by atoms with Crippen LogP contribution in [0.5, 0.6) is 0 Å². The van der Waals surface area contributed by atoms with Crippen LogP contribution in [0.1, 0.15) is 21.5 Å². The Bertz CT molecular complexity index is 390. The number of esters is 1. The monoisotopic (exact) mass is 211 g/mol. The van der Waals surface area contributed by atoms with Crippen molar-refractivity contribution in [3.8, 4) is 0 Å². The zero-order valence-corrected chi connectivity index (χ0v) is 8.52. The lowest BCUT2D eigenvalue weighted by atomic mass is 10.0. The minimum atomic E-state index is -0.365. The van der Waals surface area contributed by atoms with Crippen molar-refractivity contribution in [1.29, 1.82) is 0 Å². The fourth-order valence-corrected chi connectivity index (χ4v) is 1.93. The highest BCUT2D eigenvalue weighted by atomic mass is 35.5. The van der Waals surface area contributed by atoms with Crippen LogP contribution in [-0.4, -0.2) is 13.1 Å². The Balaban J connectivity index is 2.57. The molecular weight excluding hydrogens is 202 g/mol. The predicted octanol–water partition coefficient (Wildman–Crippen LogP) is 1.73. The lowest BCUT2D eigenvalue weighted by Crippen LogP contribution is -2.07. The van der Waals surface area contributed by atoms with Crippen LogP contribution in [0.25, 0.3) is 0 Å². The molecule has 1 aliphatic heterocycles. The van der Waals surface area contributed by atoms with Crippen LogP contribution in [0.2, 0.25) is 5.02 Å². The van der Waals surface area contributed by atoms with Gasteiger partial charge in [0.15, 0.2) is 0 Å². The molecule has 0 saturated carbocycles. The zero-order chi connectivity index (χ0) is 10.1. The van der Waals surface area contributed by atoms with Crippen molar-refractivity contribution < 1.29 is 9.53 Å². The Labute approximate surface area is 87.0 Å². The summed E-state index contributed by atoms with van der Waals surface area (Å²) in [6.07, 6.45) is 0. The lowest BCUT2D eigenvalue weighted by molar-refractivity contribution is 0.0599. The summed E-state index contributed by atoms with van der Waals surface area (Å²) in [6.45, 7) is 1.47. The third-order valence-electron chi connectivity index (χ3n) is 2.37. The molecule has 3 nitrogen and oxygen atoms in total. The van der Waals surface area contributed by atoms with Crippen molar-refractivity contribution in [3.05, 3.63) is 33.8 Å². The molecule has 0 unspecified atom stereocenters. The molecule has 0 aliphatic carbocycles. The van der Waals surface area contributed by atoms with E-state index in [1.165, 1.54) is 7.11 Å². The predicted molar refractivity (Wildman–Crippen MR) is 53.3 cm³/mol. The first-order valence-electron chi connectivity index (χ1n) is 4.33. The summed E-state index contributed by atoms with van der Waals surface area (Å²) in [5, 5.41) is 3.63. The number of ether oxygens (including phenoxy) is 1. The Morgan fingerprint density at radius 2 is 2.29 bits per heavy atom. The van der Waals surface area contributed by atoms with Crippen molar-refractivity contribution in [2.45, 2.75) is 13.1 Å². The number of hydrogen-bond acceptors (Lipinski definition) is 3. The van der Waals surface area contributed by atoms with E-state index < -0.39 is 0 Å². The number of hydrogen-bond donors (Lipinski definition) is 1. The minimum absolute atomic E-state index is 0.365. The molecule has 0 atom stereocenters. The number of carbonyl (C=O) groups excluding carboxylic acids is 1. The molecular formula is C10H10ClNO2. The zero-order valence-electron chi connectivity index (χ0n) is 7.76. The van der Waals surface area contributed by atoms with E-state index in [2.05, 4.69) is 5.32 Å². The first-order chi connectivity index (χ1) is 6.74. The number of nitrogens with one attached hydrogen (secondary N) is 1. The van der Waals surface area contributed by atoms with Crippen molar-refractivity contribution >= 4 is 17.6 Å². The summed E-state index contributed by atoms with van der Waals surface area (Å²) in [5.41, 5.74) is 2.58. The average molecular weight is 212 g/mol. The third-order valence-corrected chi connectivity index (χ3v) is 2.68. The first kappa shape index (κ1) is 9.49. The summed E-state index contributed by atoms with van der Waals surface area (Å²) < 4.78 is 4.69. The molecule has 14 heavy (non-hydrogen) atoms. The van der Waals surface area contributed by atoms with Gasteiger partial charge in [-0.3, -0.25) is 0 Å². The van der Waals surface area contributed by atoms with Gasteiger partial charge < -0.3 is 10.1 Å². The van der Waals surface area contributed by atoms with Gasteiger partial charge in [-0.25, -0.2) is 4.79 Å². The molecule has 0 amide bonds. The van der Waals surface area contributed by atoms with Crippen LogP contribution in [0.4, 0.5) is 0 Å². The number of benzene rings is 1. The van der Waals surface area contributed by atoms with Crippen LogP contribution in [-0.2, 0) is 17.8 Å². The van der Waals surface area contributed by atoms with Gasteiger partial charge in [0, 0.05) is 13.1 Å². The number of methoxy groups -OCH3 is 1.